The van der Waals surface area contributed by atoms with Gasteiger partial charge in [-0.3, -0.25) is 0 Å². The quantitative estimate of drug-likeness (QED) is 0.508. The summed E-state index contributed by atoms with van der Waals surface area (Å²) in [6.07, 6.45) is 0.283. The lowest BCUT2D eigenvalue weighted by atomic mass is 9.99. The highest BCUT2D eigenvalue weighted by atomic mass is 32.2. The zero-order valence-electron chi connectivity index (χ0n) is 17.6. The summed E-state index contributed by atoms with van der Waals surface area (Å²) in [5.74, 6) is -0.233. The molecule has 2 rings (SSSR count). The van der Waals surface area contributed by atoms with Gasteiger partial charge in [0, 0.05) is 24.2 Å². The monoisotopic (exact) mass is 434 g/mol. The van der Waals surface area contributed by atoms with Crippen molar-refractivity contribution in [3.05, 3.63) is 53.3 Å². The highest BCUT2D eigenvalue weighted by molar-refractivity contribution is 7.85. The Morgan fingerprint density at radius 3 is 2.43 bits per heavy atom. The number of hydrogen-bond acceptors (Lipinski definition) is 7. The number of esters is 1. The third kappa shape index (κ3) is 5.87. The first-order valence-electron chi connectivity index (χ1n) is 9.16. The standard InChI is InChI=1S/C21H26N2O6S/c1-21(2,3)30(27)23-17(15-8-7-14(28-4)10-19(15)25)11-18(24)13-6-9-16(22-12-13)20(26)29-5/h6-10,12,18,24-25H,11H2,1-5H3/t18-,30-/m0/s1. The van der Waals surface area contributed by atoms with E-state index in [-0.39, 0.29) is 23.6 Å². The molecule has 0 aliphatic heterocycles. The summed E-state index contributed by atoms with van der Waals surface area (Å²) in [6.45, 7) is 5.35. The van der Waals surface area contributed by atoms with Gasteiger partial charge >= 0.3 is 5.97 Å². The fourth-order valence-electron chi connectivity index (χ4n) is 2.44. The van der Waals surface area contributed by atoms with E-state index in [9.17, 15) is 19.2 Å². The van der Waals surface area contributed by atoms with E-state index in [2.05, 4.69) is 14.1 Å². The van der Waals surface area contributed by atoms with E-state index >= 15 is 0 Å². The summed E-state index contributed by atoms with van der Waals surface area (Å²) in [4.78, 5) is 15.5. The van der Waals surface area contributed by atoms with Crippen LogP contribution in [0.3, 0.4) is 0 Å². The van der Waals surface area contributed by atoms with Gasteiger partial charge in [0.25, 0.3) is 0 Å². The zero-order valence-corrected chi connectivity index (χ0v) is 18.4. The van der Waals surface area contributed by atoms with Gasteiger partial charge in [-0.2, -0.15) is 4.40 Å². The van der Waals surface area contributed by atoms with Crippen molar-refractivity contribution < 1.29 is 28.7 Å². The Morgan fingerprint density at radius 2 is 1.93 bits per heavy atom. The Bertz CT molecular complexity index is 951. The zero-order chi connectivity index (χ0) is 22.5. The summed E-state index contributed by atoms with van der Waals surface area (Å²) < 4.78 is 26.0. The number of aliphatic hydroxyl groups excluding tert-OH is 1. The molecule has 0 amide bonds. The van der Waals surface area contributed by atoms with Crippen molar-refractivity contribution in [3.8, 4) is 11.5 Å². The van der Waals surface area contributed by atoms with E-state index in [1.165, 1.54) is 32.5 Å². The average Bonchev–Trinajstić information content (AvgIpc) is 2.71. The van der Waals surface area contributed by atoms with E-state index in [0.717, 1.165) is 0 Å². The number of benzene rings is 1. The molecular weight excluding hydrogens is 408 g/mol. The normalized spacial score (nSPS) is 14.1. The second kappa shape index (κ2) is 9.82. The maximum Gasteiger partial charge on any atom is 0.356 e. The van der Waals surface area contributed by atoms with Crippen LogP contribution >= 0.6 is 0 Å². The molecule has 0 unspecified atom stereocenters. The van der Waals surface area contributed by atoms with Crippen molar-refractivity contribution in [3.63, 3.8) is 0 Å². The van der Waals surface area contributed by atoms with Crippen LogP contribution in [0, 0.1) is 0 Å². The van der Waals surface area contributed by atoms with Gasteiger partial charge in [-0.15, -0.1) is 0 Å². The number of hydrogen-bond donors (Lipinski definition) is 2. The van der Waals surface area contributed by atoms with Gasteiger partial charge < -0.3 is 19.7 Å². The highest BCUT2D eigenvalue weighted by Gasteiger charge is 2.23. The van der Waals surface area contributed by atoms with Crippen LogP contribution in [0.15, 0.2) is 40.9 Å². The van der Waals surface area contributed by atoms with Crippen molar-refractivity contribution in [1.29, 1.82) is 0 Å². The lowest BCUT2D eigenvalue weighted by Gasteiger charge is -2.18. The highest BCUT2D eigenvalue weighted by Crippen LogP contribution is 2.29. The van der Waals surface area contributed by atoms with Crippen LogP contribution in [0.5, 0.6) is 11.5 Å². The van der Waals surface area contributed by atoms with Gasteiger partial charge in [0.1, 0.15) is 28.2 Å². The van der Waals surface area contributed by atoms with Crippen LogP contribution in [0.2, 0.25) is 0 Å². The Morgan fingerprint density at radius 1 is 1.23 bits per heavy atom. The van der Waals surface area contributed by atoms with Gasteiger partial charge in [0.2, 0.25) is 0 Å². The Kier molecular flexibility index (Phi) is 7.69. The summed E-state index contributed by atoms with van der Waals surface area (Å²) in [5, 5.41) is 21.1. The van der Waals surface area contributed by atoms with Crippen molar-refractivity contribution in [2.75, 3.05) is 14.2 Å². The van der Waals surface area contributed by atoms with E-state index in [1.54, 1.807) is 39.0 Å². The number of aliphatic hydroxyl groups is 1. The molecule has 0 radical (unpaired) electrons. The topological polar surface area (TPSA) is 118 Å². The van der Waals surface area contributed by atoms with Crippen LogP contribution < -0.4 is 4.74 Å². The number of phenolic OH excluding ortho intramolecular Hbond substituents is 1. The molecule has 2 aromatic rings. The average molecular weight is 435 g/mol. The van der Waals surface area contributed by atoms with E-state index in [1.807, 2.05) is 0 Å². The largest absolute Gasteiger partial charge is 0.507 e. The lowest BCUT2D eigenvalue weighted by molar-refractivity contribution is 0.0593. The molecule has 0 fully saturated rings. The molecule has 0 bridgehead atoms. The third-order valence-electron chi connectivity index (χ3n) is 4.19. The number of pyridine rings is 1. The van der Waals surface area contributed by atoms with Gasteiger partial charge in [0.05, 0.1) is 30.8 Å². The minimum absolute atomic E-state index is 0.0268. The number of carbonyl (C=O) groups excluding carboxylic acids is 1. The van der Waals surface area contributed by atoms with Crippen LogP contribution in [-0.2, 0) is 15.7 Å². The van der Waals surface area contributed by atoms with Crippen molar-refractivity contribution in [2.24, 2.45) is 4.40 Å². The molecule has 2 atom stereocenters. The van der Waals surface area contributed by atoms with Gasteiger partial charge in [-0.1, -0.05) is 6.07 Å². The number of aromatic nitrogens is 1. The first kappa shape index (κ1) is 23.5. The molecular formula is C21H26N2O6S. The molecule has 8 nitrogen and oxygen atoms in total. The molecule has 0 aliphatic rings. The molecule has 1 aromatic heterocycles. The Balaban J connectivity index is 2.39. The fourth-order valence-corrected chi connectivity index (χ4v) is 3.09. The summed E-state index contributed by atoms with van der Waals surface area (Å²) in [7, 11) is 1.13. The molecule has 9 heteroatoms. The molecule has 0 saturated carbocycles. The number of aromatic hydroxyl groups is 1. The SMILES string of the molecule is COC(=O)c1ccc([C@@H](O)CC(=N[S@@](=O)C(C)(C)C)c2ccc(OC)cc2O)cn1. The maximum absolute atomic E-state index is 12.6. The Labute approximate surface area is 178 Å². The minimum atomic E-state index is -1.61. The summed E-state index contributed by atoms with van der Waals surface area (Å²) in [6, 6.07) is 7.65. The number of nitrogens with zero attached hydrogens (tertiary/aromatic N) is 2. The summed E-state index contributed by atoms with van der Waals surface area (Å²) in [5.41, 5.74) is 1.16. The van der Waals surface area contributed by atoms with E-state index in [0.29, 0.717) is 16.9 Å². The molecule has 1 heterocycles. The van der Waals surface area contributed by atoms with Crippen LogP contribution in [0.1, 0.15) is 54.9 Å². The molecule has 2 N–H and O–H groups in total. The van der Waals surface area contributed by atoms with Crippen LogP contribution in [0.4, 0.5) is 0 Å². The minimum Gasteiger partial charge on any atom is -0.507 e. The van der Waals surface area contributed by atoms with Crippen LogP contribution in [0.25, 0.3) is 0 Å². The first-order valence-corrected chi connectivity index (χ1v) is 10.3. The number of ether oxygens (including phenoxy) is 2. The predicted octanol–water partition coefficient (Wildman–Crippen LogP) is 2.96. The smallest absolute Gasteiger partial charge is 0.356 e. The number of carbonyl (C=O) groups is 1. The fraction of sp³-hybridized carbons (Fsp3) is 0.381. The van der Waals surface area contributed by atoms with E-state index in [4.69, 9.17) is 4.74 Å². The van der Waals surface area contributed by atoms with Gasteiger partial charge in [-0.05, 0) is 44.5 Å². The second-order valence-corrected chi connectivity index (χ2v) is 9.38. The third-order valence-corrected chi connectivity index (χ3v) is 5.62. The number of rotatable bonds is 7. The number of phenols is 1. The molecule has 0 aliphatic carbocycles. The van der Waals surface area contributed by atoms with Gasteiger partial charge in [-0.25, -0.2) is 14.0 Å². The predicted molar refractivity (Wildman–Crippen MR) is 114 cm³/mol. The van der Waals surface area contributed by atoms with Crippen molar-refractivity contribution in [1.82, 2.24) is 4.98 Å². The molecule has 1 aromatic carbocycles. The van der Waals surface area contributed by atoms with E-state index < -0.39 is 27.8 Å². The van der Waals surface area contributed by atoms with Gasteiger partial charge in [0.15, 0.2) is 0 Å². The number of methoxy groups -OCH3 is 2. The molecule has 30 heavy (non-hydrogen) atoms. The second-order valence-electron chi connectivity index (χ2n) is 7.47. The maximum atomic E-state index is 12.6. The van der Waals surface area contributed by atoms with Crippen molar-refractivity contribution in [2.45, 2.75) is 38.0 Å². The lowest BCUT2D eigenvalue weighted by Crippen LogP contribution is -2.22. The van der Waals surface area contributed by atoms with Crippen molar-refractivity contribution >= 4 is 22.7 Å². The summed E-state index contributed by atoms with van der Waals surface area (Å²) >= 11 is 0. The molecule has 0 saturated heterocycles. The van der Waals surface area contributed by atoms with Crippen LogP contribution in [-0.4, -0.2) is 50.1 Å². The molecule has 0 spiro atoms. The first-order chi connectivity index (χ1) is 14.1. The Hall–Kier alpha value is -2.78. The molecule has 162 valence electrons.